The molecule has 0 aliphatic carbocycles. The van der Waals surface area contributed by atoms with Crippen LogP contribution in [-0.4, -0.2) is 9.13 Å². The maximum Gasteiger partial charge on any atom is 0.136 e. The molecular weight excluding hydrogens is 574 g/mol. The van der Waals surface area contributed by atoms with Crippen LogP contribution in [0.1, 0.15) is 5.56 Å². The standard InChI is InChI=1S/C43H25N3O/c44-26-28-12-10-18-30(43(28)46-35-19-5-1-14-31(35)32-15-2-6-20-36(32)46)27-11-9-13-29(25-27)45-37-21-7-3-16-33(37)41-38(45)23-24-40-42(41)34-17-4-8-22-39(34)47-40/h1-25H. The summed E-state index contributed by atoms with van der Waals surface area (Å²) in [5.74, 6) is 0. The first-order chi connectivity index (χ1) is 23.3. The summed E-state index contributed by atoms with van der Waals surface area (Å²) in [4.78, 5) is 0. The van der Waals surface area contributed by atoms with E-state index in [9.17, 15) is 5.26 Å². The van der Waals surface area contributed by atoms with E-state index < -0.39 is 0 Å². The molecule has 3 heterocycles. The summed E-state index contributed by atoms with van der Waals surface area (Å²) in [6.45, 7) is 0. The van der Waals surface area contributed by atoms with E-state index in [1.807, 2.05) is 24.3 Å². The Bertz CT molecular complexity index is 2880. The van der Waals surface area contributed by atoms with Crippen LogP contribution in [0, 0.1) is 11.3 Å². The molecule has 0 amide bonds. The van der Waals surface area contributed by atoms with Crippen LogP contribution in [0.25, 0.3) is 88.1 Å². The van der Waals surface area contributed by atoms with Gasteiger partial charge < -0.3 is 13.6 Å². The zero-order valence-corrected chi connectivity index (χ0v) is 25.2. The van der Waals surface area contributed by atoms with E-state index in [-0.39, 0.29) is 0 Å². The van der Waals surface area contributed by atoms with Crippen molar-refractivity contribution in [1.82, 2.24) is 9.13 Å². The van der Waals surface area contributed by atoms with E-state index in [0.29, 0.717) is 5.56 Å². The molecule has 47 heavy (non-hydrogen) atoms. The number of rotatable bonds is 3. The highest BCUT2D eigenvalue weighted by atomic mass is 16.3. The van der Waals surface area contributed by atoms with Crippen LogP contribution in [0.3, 0.4) is 0 Å². The van der Waals surface area contributed by atoms with Gasteiger partial charge in [-0.25, -0.2) is 0 Å². The monoisotopic (exact) mass is 599 g/mol. The Kier molecular flexibility index (Phi) is 5.32. The molecule has 0 saturated carbocycles. The number of hydrogen-bond acceptors (Lipinski definition) is 2. The van der Waals surface area contributed by atoms with Gasteiger partial charge in [0.25, 0.3) is 0 Å². The maximum absolute atomic E-state index is 10.4. The molecule has 0 saturated heterocycles. The fourth-order valence-electron chi connectivity index (χ4n) is 7.64. The molecule has 10 aromatic rings. The van der Waals surface area contributed by atoms with Gasteiger partial charge in [0.1, 0.15) is 17.2 Å². The molecule has 0 unspecified atom stereocenters. The van der Waals surface area contributed by atoms with Gasteiger partial charge >= 0.3 is 0 Å². The van der Waals surface area contributed by atoms with Crippen LogP contribution in [0.4, 0.5) is 0 Å². The molecule has 10 rings (SSSR count). The van der Waals surface area contributed by atoms with Crippen molar-refractivity contribution < 1.29 is 4.42 Å². The summed E-state index contributed by atoms with van der Waals surface area (Å²) in [7, 11) is 0. The molecular formula is C43H25N3O. The SMILES string of the molecule is N#Cc1cccc(-c2cccc(-n3c4ccccc4c4c5c(ccc43)oc3ccccc35)c2)c1-n1c2ccccc2c2ccccc21. The number of nitriles is 1. The molecule has 7 aromatic carbocycles. The van der Waals surface area contributed by atoms with Gasteiger partial charge in [0.15, 0.2) is 0 Å². The van der Waals surface area contributed by atoms with Gasteiger partial charge in [0, 0.05) is 43.6 Å². The normalized spacial score (nSPS) is 11.8. The quantitative estimate of drug-likeness (QED) is 0.203. The predicted molar refractivity (Wildman–Crippen MR) is 193 cm³/mol. The highest BCUT2D eigenvalue weighted by molar-refractivity contribution is 6.27. The van der Waals surface area contributed by atoms with E-state index in [1.165, 1.54) is 21.5 Å². The van der Waals surface area contributed by atoms with Crippen LogP contribution in [0.15, 0.2) is 156 Å². The smallest absolute Gasteiger partial charge is 0.136 e. The van der Waals surface area contributed by atoms with Gasteiger partial charge in [-0.2, -0.15) is 5.26 Å². The average molecular weight is 600 g/mol. The van der Waals surface area contributed by atoms with E-state index in [2.05, 4.69) is 143 Å². The lowest BCUT2D eigenvalue weighted by atomic mass is 9.99. The first-order valence-corrected chi connectivity index (χ1v) is 15.8. The number of fused-ring (bicyclic) bond motifs is 10. The molecule has 4 heteroatoms. The second-order valence-electron chi connectivity index (χ2n) is 12.0. The highest BCUT2D eigenvalue weighted by Gasteiger charge is 2.21. The minimum atomic E-state index is 0.630. The third-order valence-corrected chi connectivity index (χ3v) is 9.55. The molecule has 4 nitrogen and oxygen atoms in total. The Labute approximate surface area is 269 Å². The average Bonchev–Trinajstić information content (AvgIpc) is 3.79. The minimum Gasteiger partial charge on any atom is -0.456 e. The molecule has 0 aliphatic heterocycles. The van der Waals surface area contributed by atoms with Crippen LogP contribution < -0.4 is 0 Å². The maximum atomic E-state index is 10.4. The highest BCUT2D eigenvalue weighted by Crippen LogP contribution is 2.42. The summed E-state index contributed by atoms with van der Waals surface area (Å²) in [6, 6.07) is 55.2. The third-order valence-electron chi connectivity index (χ3n) is 9.55. The summed E-state index contributed by atoms with van der Waals surface area (Å²) in [5.41, 5.74) is 10.8. The third kappa shape index (κ3) is 3.57. The first-order valence-electron chi connectivity index (χ1n) is 15.8. The summed E-state index contributed by atoms with van der Waals surface area (Å²) >= 11 is 0. The van der Waals surface area contributed by atoms with Crippen molar-refractivity contribution in [3.63, 3.8) is 0 Å². The van der Waals surface area contributed by atoms with Gasteiger partial charge in [-0.15, -0.1) is 0 Å². The van der Waals surface area contributed by atoms with Crippen molar-refractivity contribution in [3.8, 4) is 28.6 Å². The largest absolute Gasteiger partial charge is 0.456 e. The molecule has 0 aliphatic rings. The number of hydrogen-bond donors (Lipinski definition) is 0. The second-order valence-corrected chi connectivity index (χ2v) is 12.0. The minimum absolute atomic E-state index is 0.630. The molecule has 0 spiro atoms. The van der Waals surface area contributed by atoms with Crippen LogP contribution in [0.2, 0.25) is 0 Å². The summed E-state index contributed by atoms with van der Waals surface area (Å²) < 4.78 is 10.9. The van der Waals surface area contributed by atoms with Crippen LogP contribution in [0.5, 0.6) is 0 Å². The number of furan rings is 1. The van der Waals surface area contributed by atoms with E-state index in [4.69, 9.17) is 4.42 Å². The molecule has 0 radical (unpaired) electrons. The van der Waals surface area contributed by atoms with Crippen molar-refractivity contribution in [3.05, 3.63) is 157 Å². The second kappa shape index (κ2) is 9.71. The summed E-state index contributed by atoms with van der Waals surface area (Å²) in [5, 5.41) is 17.4. The summed E-state index contributed by atoms with van der Waals surface area (Å²) in [6.07, 6.45) is 0. The van der Waals surface area contributed by atoms with Crippen molar-refractivity contribution in [1.29, 1.82) is 5.26 Å². The predicted octanol–water partition coefficient (Wildman–Crippen LogP) is 11.3. The lowest BCUT2D eigenvalue weighted by molar-refractivity contribution is 0.669. The van der Waals surface area contributed by atoms with E-state index in [1.54, 1.807) is 0 Å². The molecule has 3 aromatic heterocycles. The lowest BCUT2D eigenvalue weighted by Gasteiger charge is -2.17. The molecule has 0 bridgehead atoms. The number of aromatic nitrogens is 2. The van der Waals surface area contributed by atoms with Crippen molar-refractivity contribution in [2.45, 2.75) is 0 Å². The van der Waals surface area contributed by atoms with Crippen molar-refractivity contribution in [2.24, 2.45) is 0 Å². The zero-order valence-electron chi connectivity index (χ0n) is 25.2. The fraction of sp³-hybridized carbons (Fsp3) is 0. The lowest BCUT2D eigenvalue weighted by Crippen LogP contribution is -2.01. The Hall–Kier alpha value is -6.57. The first kappa shape index (κ1) is 25.7. The Balaban J connectivity index is 1.26. The fourth-order valence-corrected chi connectivity index (χ4v) is 7.64. The Morgan fingerprint density at radius 2 is 1.11 bits per heavy atom. The van der Waals surface area contributed by atoms with Crippen molar-refractivity contribution in [2.75, 3.05) is 0 Å². The van der Waals surface area contributed by atoms with Gasteiger partial charge in [-0.05, 0) is 60.2 Å². The topological polar surface area (TPSA) is 46.8 Å². The Morgan fingerprint density at radius 1 is 0.468 bits per heavy atom. The number of para-hydroxylation sites is 5. The van der Waals surface area contributed by atoms with E-state index in [0.717, 1.165) is 66.5 Å². The molecule has 0 fully saturated rings. The van der Waals surface area contributed by atoms with Crippen LogP contribution >= 0.6 is 0 Å². The number of nitrogens with zero attached hydrogens (tertiary/aromatic N) is 3. The molecule has 218 valence electrons. The van der Waals surface area contributed by atoms with Crippen molar-refractivity contribution >= 4 is 65.6 Å². The van der Waals surface area contributed by atoms with E-state index >= 15 is 0 Å². The van der Waals surface area contributed by atoms with Gasteiger partial charge in [0.2, 0.25) is 0 Å². The Morgan fingerprint density at radius 3 is 1.85 bits per heavy atom. The molecule has 0 atom stereocenters. The van der Waals surface area contributed by atoms with Gasteiger partial charge in [0.05, 0.1) is 33.3 Å². The van der Waals surface area contributed by atoms with Gasteiger partial charge in [-0.3, -0.25) is 0 Å². The van der Waals surface area contributed by atoms with Gasteiger partial charge in [-0.1, -0.05) is 97.1 Å². The van der Waals surface area contributed by atoms with Crippen LogP contribution in [-0.2, 0) is 0 Å². The molecule has 0 N–H and O–H groups in total. The number of benzene rings is 7. The zero-order chi connectivity index (χ0) is 31.1.